The van der Waals surface area contributed by atoms with Crippen LogP contribution in [0.5, 0.6) is 0 Å². The predicted octanol–water partition coefficient (Wildman–Crippen LogP) is 4.33. The maximum Gasteiger partial charge on any atom is 0.248 e. The summed E-state index contributed by atoms with van der Waals surface area (Å²) in [5.74, 6) is -0.336. The molecule has 33 heavy (non-hydrogen) atoms. The molecule has 3 aliphatic rings. The first-order chi connectivity index (χ1) is 16.0. The topological polar surface area (TPSA) is 90.4 Å². The van der Waals surface area contributed by atoms with Crippen molar-refractivity contribution in [3.05, 3.63) is 94.4 Å². The van der Waals surface area contributed by atoms with Crippen LogP contribution in [0.2, 0.25) is 5.02 Å². The van der Waals surface area contributed by atoms with Crippen LogP contribution < -0.4 is 15.5 Å². The Balaban J connectivity index is 1.88. The lowest BCUT2D eigenvalue weighted by molar-refractivity contribution is -0.124. The molecule has 1 atom stereocenters. The highest BCUT2D eigenvalue weighted by Crippen LogP contribution is 2.56. The Morgan fingerprint density at radius 3 is 2.58 bits per heavy atom. The molecule has 0 radical (unpaired) electrons. The fraction of sp³-hybridized carbons (Fsp3) is 0.192. The van der Waals surface area contributed by atoms with Gasteiger partial charge in [-0.1, -0.05) is 35.9 Å². The minimum atomic E-state index is -1.56. The molecule has 0 fully saturated rings. The summed E-state index contributed by atoms with van der Waals surface area (Å²) in [5.41, 5.74) is 8.12. The van der Waals surface area contributed by atoms with Gasteiger partial charge in [-0.05, 0) is 43.2 Å². The standard InChI is InChI=1S/C26H21ClN4O2/c1-2-14-30-20-7-4-3-6-18(20)26(25(30)33)19(15-28)24(29)31(17-12-10-16(27)11-13-17)21-8-5-9-22(32)23(21)26/h2-4,6-7,10-13H,1,5,8-9,14,29H2. The number of carbonyl (C=O) groups excluding carboxylic acids is 2. The molecular weight excluding hydrogens is 436 g/mol. The fourth-order valence-corrected chi connectivity index (χ4v) is 5.45. The SMILES string of the molecule is C=CCN1C(=O)C2(C(C#N)=C(N)N(c3ccc(Cl)cc3)C3=C2C(=O)CCC3)c2ccccc21. The lowest BCUT2D eigenvalue weighted by Gasteiger charge is -2.43. The van der Waals surface area contributed by atoms with Gasteiger partial charge in [-0.25, -0.2) is 0 Å². The molecule has 2 heterocycles. The van der Waals surface area contributed by atoms with Crippen molar-refractivity contribution < 1.29 is 9.59 Å². The van der Waals surface area contributed by atoms with Crippen LogP contribution in [-0.4, -0.2) is 18.2 Å². The van der Waals surface area contributed by atoms with E-state index in [-0.39, 0.29) is 29.6 Å². The van der Waals surface area contributed by atoms with Gasteiger partial charge in [0.2, 0.25) is 5.91 Å². The van der Waals surface area contributed by atoms with Gasteiger partial charge in [-0.2, -0.15) is 5.26 Å². The predicted molar refractivity (Wildman–Crippen MR) is 127 cm³/mol. The quantitative estimate of drug-likeness (QED) is 0.694. The molecule has 0 bridgehead atoms. The van der Waals surface area contributed by atoms with E-state index in [1.165, 1.54) is 0 Å². The van der Waals surface area contributed by atoms with E-state index in [0.717, 1.165) is 0 Å². The van der Waals surface area contributed by atoms with Crippen molar-refractivity contribution in [2.75, 3.05) is 16.3 Å². The largest absolute Gasteiger partial charge is 0.384 e. The van der Waals surface area contributed by atoms with E-state index in [4.69, 9.17) is 17.3 Å². The first-order valence-electron chi connectivity index (χ1n) is 10.7. The molecule has 2 N–H and O–H groups in total. The summed E-state index contributed by atoms with van der Waals surface area (Å²) in [6, 6.07) is 16.5. The summed E-state index contributed by atoms with van der Waals surface area (Å²) in [7, 11) is 0. The monoisotopic (exact) mass is 456 g/mol. The third-order valence-electron chi connectivity index (χ3n) is 6.57. The Bertz CT molecular complexity index is 1320. The number of para-hydroxylation sites is 1. The van der Waals surface area contributed by atoms with Gasteiger partial charge in [0.15, 0.2) is 5.78 Å². The lowest BCUT2D eigenvalue weighted by atomic mass is 9.64. The molecule has 1 spiro atoms. The molecule has 5 rings (SSSR count). The van der Waals surface area contributed by atoms with Gasteiger partial charge in [0.05, 0.1) is 5.57 Å². The number of nitriles is 1. The van der Waals surface area contributed by atoms with E-state index < -0.39 is 5.41 Å². The zero-order valence-electron chi connectivity index (χ0n) is 17.8. The first-order valence-corrected chi connectivity index (χ1v) is 11.1. The van der Waals surface area contributed by atoms with Gasteiger partial charge in [-0.15, -0.1) is 6.58 Å². The van der Waals surface area contributed by atoms with Crippen molar-refractivity contribution in [2.45, 2.75) is 24.7 Å². The van der Waals surface area contributed by atoms with Gasteiger partial charge in [-0.3, -0.25) is 14.5 Å². The Morgan fingerprint density at radius 1 is 1.15 bits per heavy atom. The second-order valence-corrected chi connectivity index (χ2v) is 8.69. The molecule has 1 unspecified atom stereocenters. The summed E-state index contributed by atoms with van der Waals surface area (Å²) in [6.45, 7) is 4.04. The number of ketones is 1. The Hall–Kier alpha value is -3.82. The number of hydrogen-bond donors (Lipinski definition) is 1. The summed E-state index contributed by atoms with van der Waals surface area (Å²) in [5, 5.41) is 10.9. The Labute approximate surface area is 196 Å². The number of halogens is 1. The number of hydrogen-bond acceptors (Lipinski definition) is 5. The van der Waals surface area contributed by atoms with Gasteiger partial charge in [0, 0.05) is 46.2 Å². The highest BCUT2D eigenvalue weighted by molar-refractivity contribution is 6.30. The molecule has 164 valence electrons. The summed E-state index contributed by atoms with van der Waals surface area (Å²) >= 11 is 6.08. The van der Waals surface area contributed by atoms with Gasteiger partial charge in [0.25, 0.3) is 0 Å². The highest BCUT2D eigenvalue weighted by Gasteiger charge is 2.62. The maximum atomic E-state index is 14.1. The van der Waals surface area contributed by atoms with Crippen LogP contribution >= 0.6 is 11.6 Å². The zero-order chi connectivity index (χ0) is 23.3. The molecule has 6 nitrogen and oxygen atoms in total. The number of fused-ring (bicyclic) bond motifs is 3. The molecule has 2 aromatic rings. The van der Waals surface area contributed by atoms with Crippen molar-refractivity contribution in [1.82, 2.24) is 0 Å². The van der Waals surface area contributed by atoms with Crippen molar-refractivity contribution in [3.63, 3.8) is 0 Å². The minimum absolute atomic E-state index is 0.0652. The molecule has 0 saturated carbocycles. The second kappa shape index (κ2) is 7.65. The van der Waals surface area contributed by atoms with Gasteiger partial charge < -0.3 is 10.6 Å². The molecule has 7 heteroatoms. The summed E-state index contributed by atoms with van der Waals surface area (Å²) < 4.78 is 0. The van der Waals surface area contributed by atoms with Gasteiger partial charge in [0.1, 0.15) is 17.3 Å². The molecular formula is C26H21ClN4O2. The average Bonchev–Trinajstić information content (AvgIpc) is 3.05. The van der Waals surface area contributed by atoms with E-state index >= 15 is 0 Å². The number of nitrogens with zero attached hydrogens (tertiary/aromatic N) is 3. The number of Topliss-reactive ketones (excluding diaryl/α,β-unsaturated/α-hetero) is 1. The number of allylic oxidation sites excluding steroid dienone is 1. The van der Waals surface area contributed by atoms with Crippen LogP contribution in [0.25, 0.3) is 0 Å². The number of amides is 1. The molecule has 2 aliphatic heterocycles. The lowest BCUT2D eigenvalue weighted by Crippen LogP contribution is -2.52. The van der Waals surface area contributed by atoms with Gasteiger partial charge >= 0.3 is 0 Å². The number of nitrogens with two attached hydrogens (primary N) is 1. The maximum absolute atomic E-state index is 14.1. The summed E-state index contributed by atoms with van der Waals surface area (Å²) in [6.07, 6.45) is 3.14. The minimum Gasteiger partial charge on any atom is -0.384 e. The normalized spacial score (nSPS) is 21.9. The van der Waals surface area contributed by atoms with Crippen molar-refractivity contribution in [2.24, 2.45) is 5.73 Å². The van der Waals surface area contributed by atoms with Crippen molar-refractivity contribution >= 4 is 34.7 Å². The fourth-order valence-electron chi connectivity index (χ4n) is 5.32. The van der Waals surface area contributed by atoms with Crippen molar-refractivity contribution in [1.29, 1.82) is 5.26 Å². The van der Waals surface area contributed by atoms with E-state index in [1.807, 2.05) is 24.3 Å². The van der Waals surface area contributed by atoms with Crippen LogP contribution in [-0.2, 0) is 15.0 Å². The van der Waals surface area contributed by atoms with Crippen LogP contribution in [0.1, 0.15) is 24.8 Å². The first kappa shape index (κ1) is 21.0. The number of anilines is 2. The molecule has 0 aromatic heterocycles. The zero-order valence-corrected chi connectivity index (χ0v) is 18.6. The molecule has 0 saturated heterocycles. The smallest absolute Gasteiger partial charge is 0.248 e. The van der Waals surface area contributed by atoms with Crippen LogP contribution in [0, 0.1) is 11.3 Å². The molecule has 1 aliphatic carbocycles. The highest BCUT2D eigenvalue weighted by atomic mass is 35.5. The van der Waals surface area contributed by atoms with E-state index in [2.05, 4.69) is 12.6 Å². The summed E-state index contributed by atoms with van der Waals surface area (Å²) in [4.78, 5) is 31.0. The van der Waals surface area contributed by atoms with E-state index in [1.54, 1.807) is 40.1 Å². The van der Waals surface area contributed by atoms with Crippen LogP contribution in [0.3, 0.4) is 0 Å². The Kier molecular flexibility index (Phi) is 4.88. The third-order valence-corrected chi connectivity index (χ3v) is 6.83. The Morgan fingerprint density at radius 2 is 1.88 bits per heavy atom. The second-order valence-electron chi connectivity index (χ2n) is 8.25. The number of rotatable bonds is 3. The van der Waals surface area contributed by atoms with E-state index in [9.17, 15) is 14.9 Å². The third kappa shape index (κ3) is 2.73. The van der Waals surface area contributed by atoms with Crippen LogP contribution in [0.4, 0.5) is 11.4 Å². The molecule has 2 aromatic carbocycles. The number of benzene rings is 2. The number of carbonyl (C=O) groups is 2. The van der Waals surface area contributed by atoms with Crippen molar-refractivity contribution in [3.8, 4) is 6.07 Å². The van der Waals surface area contributed by atoms with E-state index in [0.29, 0.717) is 52.5 Å². The van der Waals surface area contributed by atoms with Crippen LogP contribution in [0.15, 0.2) is 83.9 Å². The molecule has 1 amide bonds. The average molecular weight is 457 g/mol.